The van der Waals surface area contributed by atoms with Crippen LogP contribution in [0.25, 0.3) is 0 Å². The predicted octanol–water partition coefficient (Wildman–Crippen LogP) is 3.30. The number of piperidine rings is 1. The van der Waals surface area contributed by atoms with E-state index in [1.165, 1.54) is 32.1 Å². The maximum Gasteiger partial charge on any atom is 0.222 e. The van der Waals surface area contributed by atoms with E-state index in [1.54, 1.807) is 0 Å². The minimum Gasteiger partial charge on any atom is -0.343 e. The van der Waals surface area contributed by atoms with Crippen molar-refractivity contribution in [2.45, 2.75) is 59.3 Å². The van der Waals surface area contributed by atoms with Gasteiger partial charge in [0, 0.05) is 19.5 Å². The highest BCUT2D eigenvalue weighted by Gasteiger charge is 2.26. The molecule has 0 saturated carbocycles. The molecule has 2 unspecified atom stereocenters. The number of nitrogens with zero attached hydrogens (tertiary/aromatic N) is 1. The van der Waals surface area contributed by atoms with E-state index in [-0.39, 0.29) is 0 Å². The van der Waals surface area contributed by atoms with Crippen LogP contribution in [0.15, 0.2) is 0 Å². The summed E-state index contributed by atoms with van der Waals surface area (Å²) in [6.45, 7) is 11.2. The van der Waals surface area contributed by atoms with Gasteiger partial charge in [0.15, 0.2) is 0 Å². The van der Waals surface area contributed by atoms with Crippen LogP contribution in [0.4, 0.5) is 0 Å². The van der Waals surface area contributed by atoms with Crippen LogP contribution in [-0.2, 0) is 4.79 Å². The lowest BCUT2D eigenvalue weighted by Gasteiger charge is -2.30. The molecule has 3 heteroatoms. The summed E-state index contributed by atoms with van der Waals surface area (Å²) >= 11 is 0. The van der Waals surface area contributed by atoms with Gasteiger partial charge < -0.3 is 10.2 Å². The van der Waals surface area contributed by atoms with Crippen molar-refractivity contribution in [1.29, 1.82) is 0 Å². The molecule has 2 fully saturated rings. The summed E-state index contributed by atoms with van der Waals surface area (Å²) in [5.41, 5.74) is 0. The zero-order chi connectivity index (χ0) is 15.2. The van der Waals surface area contributed by atoms with Crippen LogP contribution in [-0.4, -0.2) is 37.0 Å². The van der Waals surface area contributed by atoms with Gasteiger partial charge in [-0.2, -0.15) is 0 Å². The Kier molecular flexibility index (Phi) is 6.53. The second-order valence-corrected chi connectivity index (χ2v) is 7.58. The molecule has 0 aromatic rings. The van der Waals surface area contributed by atoms with Gasteiger partial charge in [0.25, 0.3) is 0 Å². The Morgan fingerprint density at radius 1 is 1.05 bits per heavy atom. The summed E-state index contributed by atoms with van der Waals surface area (Å²) < 4.78 is 0. The molecule has 122 valence electrons. The van der Waals surface area contributed by atoms with Gasteiger partial charge in [-0.3, -0.25) is 4.79 Å². The molecule has 0 aromatic heterocycles. The quantitative estimate of drug-likeness (QED) is 0.863. The van der Waals surface area contributed by atoms with Crippen LogP contribution >= 0.6 is 0 Å². The number of likely N-dealkylation sites (tertiary alicyclic amines) is 1. The monoisotopic (exact) mass is 294 g/mol. The first-order valence-corrected chi connectivity index (χ1v) is 9.06. The summed E-state index contributed by atoms with van der Waals surface area (Å²) in [6.07, 6.45) is 6.93. The summed E-state index contributed by atoms with van der Waals surface area (Å²) in [4.78, 5) is 14.7. The highest BCUT2D eigenvalue weighted by molar-refractivity contribution is 5.76. The molecular weight excluding hydrogens is 260 g/mol. The van der Waals surface area contributed by atoms with Crippen molar-refractivity contribution in [1.82, 2.24) is 10.2 Å². The smallest absolute Gasteiger partial charge is 0.222 e. The largest absolute Gasteiger partial charge is 0.343 e. The van der Waals surface area contributed by atoms with Crippen molar-refractivity contribution < 1.29 is 4.79 Å². The number of amides is 1. The first-order valence-electron chi connectivity index (χ1n) is 9.06. The van der Waals surface area contributed by atoms with E-state index < -0.39 is 0 Å². The summed E-state index contributed by atoms with van der Waals surface area (Å²) in [6, 6.07) is 0. The van der Waals surface area contributed by atoms with Gasteiger partial charge in [-0.1, -0.05) is 20.8 Å². The molecule has 2 heterocycles. The molecule has 0 spiro atoms. The average Bonchev–Trinajstić information content (AvgIpc) is 2.74. The lowest BCUT2D eigenvalue weighted by Crippen LogP contribution is -2.36. The van der Waals surface area contributed by atoms with Crippen LogP contribution in [0.5, 0.6) is 0 Å². The van der Waals surface area contributed by atoms with Gasteiger partial charge in [0.05, 0.1) is 0 Å². The number of rotatable bonds is 4. The Labute approximate surface area is 130 Å². The number of hydrogen-bond donors (Lipinski definition) is 1. The number of nitrogens with one attached hydrogen (secondary N) is 1. The van der Waals surface area contributed by atoms with Crippen molar-refractivity contribution in [3.63, 3.8) is 0 Å². The zero-order valence-corrected chi connectivity index (χ0v) is 14.2. The molecule has 0 aliphatic carbocycles. The lowest BCUT2D eigenvalue weighted by atomic mass is 9.84. The number of carbonyl (C=O) groups is 1. The molecule has 2 atom stereocenters. The molecular formula is C18H34N2O. The summed E-state index contributed by atoms with van der Waals surface area (Å²) in [7, 11) is 0. The van der Waals surface area contributed by atoms with Crippen molar-refractivity contribution >= 4 is 5.91 Å². The normalized spacial score (nSPS) is 26.7. The molecule has 2 aliphatic rings. The van der Waals surface area contributed by atoms with Crippen molar-refractivity contribution in [2.24, 2.45) is 23.7 Å². The fraction of sp³-hybridized carbons (Fsp3) is 0.944. The van der Waals surface area contributed by atoms with E-state index in [9.17, 15) is 4.79 Å². The van der Waals surface area contributed by atoms with Crippen LogP contribution in [0, 0.1) is 23.7 Å². The third kappa shape index (κ3) is 4.98. The van der Waals surface area contributed by atoms with Gasteiger partial charge in [-0.15, -0.1) is 0 Å². The number of hydrogen-bond acceptors (Lipinski definition) is 2. The molecule has 1 N–H and O–H groups in total. The molecule has 21 heavy (non-hydrogen) atoms. The molecule has 2 saturated heterocycles. The lowest BCUT2D eigenvalue weighted by molar-refractivity contribution is -0.132. The third-order valence-electron chi connectivity index (χ3n) is 5.75. The molecule has 0 aromatic carbocycles. The zero-order valence-electron chi connectivity index (χ0n) is 14.2. The minimum absolute atomic E-state index is 0.408. The topological polar surface area (TPSA) is 32.3 Å². The number of carbonyl (C=O) groups excluding carboxylic acids is 1. The maximum atomic E-state index is 12.6. The molecule has 0 radical (unpaired) electrons. The minimum atomic E-state index is 0.408. The Morgan fingerprint density at radius 3 is 2.43 bits per heavy atom. The second kappa shape index (κ2) is 8.17. The van der Waals surface area contributed by atoms with E-state index in [0.29, 0.717) is 11.8 Å². The second-order valence-electron chi connectivity index (χ2n) is 7.58. The standard InChI is InChI=1S/C18H34N2O/c1-14(2)16-5-4-11-20(12-8-16)18(21)13-15(3)17-6-9-19-10-7-17/h14-17,19H,4-13H2,1-3H3. The van der Waals surface area contributed by atoms with E-state index in [4.69, 9.17) is 0 Å². The van der Waals surface area contributed by atoms with Crippen molar-refractivity contribution in [2.75, 3.05) is 26.2 Å². The molecule has 0 bridgehead atoms. The molecule has 3 nitrogen and oxygen atoms in total. The SMILES string of the molecule is CC(C)C1CCCN(C(=O)CC(C)C2CCNCC2)CC1. The van der Waals surface area contributed by atoms with Gasteiger partial charge in [-0.25, -0.2) is 0 Å². The van der Waals surface area contributed by atoms with Gasteiger partial charge >= 0.3 is 0 Å². The maximum absolute atomic E-state index is 12.6. The van der Waals surface area contributed by atoms with E-state index in [1.807, 2.05) is 0 Å². The predicted molar refractivity (Wildman–Crippen MR) is 88.1 cm³/mol. The fourth-order valence-electron chi connectivity index (χ4n) is 4.02. The van der Waals surface area contributed by atoms with E-state index in [2.05, 4.69) is 31.0 Å². The van der Waals surface area contributed by atoms with Crippen molar-refractivity contribution in [3.8, 4) is 0 Å². The Bertz CT molecular complexity index is 323. The van der Waals surface area contributed by atoms with E-state index >= 15 is 0 Å². The Balaban J connectivity index is 1.79. The van der Waals surface area contributed by atoms with Gasteiger partial charge in [-0.05, 0) is 68.9 Å². The summed E-state index contributed by atoms with van der Waals surface area (Å²) in [5.74, 6) is 3.26. The highest BCUT2D eigenvalue weighted by atomic mass is 16.2. The molecule has 1 amide bonds. The summed E-state index contributed by atoms with van der Waals surface area (Å²) in [5, 5.41) is 3.41. The van der Waals surface area contributed by atoms with Crippen molar-refractivity contribution in [3.05, 3.63) is 0 Å². The van der Waals surface area contributed by atoms with Crippen LogP contribution < -0.4 is 5.32 Å². The van der Waals surface area contributed by atoms with Crippen LogP contribution in [0.1, 0.15) is 59.3 Å². The highest BCUT2D eigenvalue weighted by Crippen LogP contribution is 2.27. The van der Waals surface area contributed by atoms with E-state index in [0.717, 1.165) is 50.4 Å². The average molecular weight is 294 g/mol. The third-order valence-corrected chi connectivity index (χ3v) is 5.75. The first-order chi connectivity index (χ1) is 10.1. The first kappa shape index (κ1) is 16.8. The Hall–Kier alpha value is -0.570. The van der Waals surface area contributed by atoms with Crippen LogP contribution in [0.2, 0.25) is 0 Å². The molecule has 2 rings (SSSR count). The van der Waals surface area contributed by atoms with Crippen LogP contribution in [0.3, 0.4) is 0 Å². The molecule has 2 aliphatic heterocycles. The fourth-order valence-corrected chi connectivity index (χ4v) is 4.02. The van der Waals surface area contributed by atoms with Gasteiger partial charge in [0.1, 0.15) is 0 Å². The van der Waals surface area contributed by atoms with Gasteiger partial charge in [0.2, 0.25) is 5.91 Å². The Morgan fingerprint density at radius 2 is 1.76 bits per heavy atom.